The molecule has 3 aromatic rings. The molecule has 156 valence electrons. The van der Waals surface area contributed by atoms with E-state index in [1.165, 1.54) is 16.4 Å². The minimum Gasteiger partial charge on any atom is -0.368 e. The predicted molar refractivity (Wildman–Crippen MR) is 114 cm³/mol. The number of halogens is 1. The van der Waals surface area contributed by atoms with Crippen LogP contribution in [0.2, 0.25) is 0 Å². The molecule has 1 saturated heterocycles. The van der Waals surface area contributed by atoms with Crippen LogP contribution in [-0.4, -0.2) is 71.6 Å². The van der Waals surface area contributed by atoms with E-state index in [-0.39, 0.29) is 10.7 Å². The normalized spacial score (nSPS) is 17.6. The highest BCUT2D eigenvalue weighted by Gasteiger charge is 2.36. The zero-order valence-corrected chi connectivity index (χ0v) is 17.6. The third-order valence-electron chi connectivity index (χ3n) is 5.35. The predicted octanol–water partition coefficient (Wildman–Crippen LogP) is 2.01. The second-order valence-corrected chi connectivity index (χ2v) is 9.46. The maximum Gasteiger partial charge on any atom is 0.268 e. The van der Waals surface area contributed by atoms with E-state index < -0.39 is 10.0 Å². The largest absolute Gasteiger partial charge is 0.368 e. The lowest BCUT2D eigenvalue weighted by molar-refractivity contribution is 0.358. The van der Waals surface area contributed by atoms with Gasteiger partial charge in [-0.05, 0) is 36.4 Å². The molecule has 3 heterocycles. The van der Waals surface area contributed by atoms with Gasteiger partial charge in [0, 0.05) is 31.9 Å². The van der Waals surface area contributed by atoms with Crippen LogP contribution in [0.1, 0.15) is 0 Å². The summed E-state index contributed by atoms with van der Waals surface area (Å²) in [6.45, 7) is 3.39. The Morgan fingerprint density at radius 3 is 2.40 bits per heavy atom. The van der Waals surface area contributed by atoms with Crippen LogP contribution < -0.4 is 4.90 Å². The Morgan fingerprint density at radius 2 is 1.63 bits per heavy atom. The van der Waals surface area contributed by atoms with Gasteiger partial charge in [0.1, 0.15) is 21.7 Å². The zero-order chi connectivity index (χ0) is 20.7. The second kappa shape index (κ2) is 7.47. The van der Waals surface area contributed by atoms with Gasteiger partial charge in [0.25, 0.3) is 10.0 Å². The van der Waals surface area contributed by atoms with E-state index in [0.29, 0.717) is 56.3 Å². The summed E-state index contributed by atoms with van der Waals surface area (Å²) in [7, 11) is -3.79. The van der Waals surface area contributed by atoms with Gasteiger partial charge in [-0.2, -0.15) is 8.75 Å². The van der Waals surface area contributed by atoms with Crippen LogP contribution in [-0.2, 0) is 10.0 Å². The Kier molecular flexibility index (Phi) is 4.78. The molecule has 0 spiro atoms. The van der Waals surface area contributed by atoms with Gasteiger partial charge < -0.3 is 9.80 Å². The van der Waals surface area contributed by atoms with Crippen LogP contribution in [0.4, 0.5) is 10.1 Å². The molecule has 2 aromatic carbocycles. The maximum absolute atomic E-state index is 13.4. The van der Waals surface area contributed by atoms with Gasteiger partial charge in [-0.1, -0.05) is 6.07 Å². The molecule has 0 amide bonds. The van der Waals surface area contributed by atoms with Crippen LogP contribution in [0.15, 0.2) is 52.4 Å². The van der Waals surface area contributed by atoms with Gasteiger partial charge in [-0.15, -0.1) is 0 Å². The fourth-order valence-electron chi connectivity index (χ4n) is 3.83. The lowest BCUT2D eigenvalue weighted by atomic mass is 10.2. The van der Waals surface area contributed by atoms with E-state index in [2.05, 4.69) is 18.6 Å². The third-order valence-corrected chi connectivity index (χ3v) is 7.70. The van der Waals surface area contributed by atoms with Gasteiger partial charge in [0.05, 0.1) is 24.8 Å². The molecule has 0 bridgehead atoms. The van der Waals surface area contributed by atoms with Crippen molar-refractivity contribution in [3.8, 4) is 0 Å². The molecule has 0 unspecified atom stereocenters. The number of hydrogen-bond donors (Lipinski definition) is 0. The van der Waals surface area contributed by atoms with Crippen molar-refractivity contribution < 1.29 is 12.8 Å². The molecular formula is C19H19FN6O2S2. The number of sulfonamides is 1. The van der Waals surface area contributed by atoms with Crippen molar-refractivity contribution in [2.24, 2.45) is 4.99 Å². The minimum absolute atomic E-state index is 0.160. The number of aromatic nitrogens is 2. The minimum atomic E-state index is -3.79. The van der Waals surface area contributed by atoms with Crippen molar-refractivity contribution in [3.63, 3.8) is 0 Å². The van der Waals surface area contributed by atoms with Crippen LogP contribution in [0.25, 0.3) is 11.0 Å². The highest BCUT2D eigenvalue weighted by Crippen LogP contribution is 2.27. The first-order valence-electron chi connectivity index (χ1n) is 9.58. The summed E-state index contributed by atoms with van der Waals surface area (Å²) >= 11 is 1.00. The van der Waals surface area contributed by atoms with E-state index in [4.69, 9.17) is 0 Å². The number of hydrogen-bond acceptors (Lipinski definition) is 8. The molecule has 0 N–H and O–H groups in total. The molecule has 11 heteroatoms. The van der Waals surface area contributed by atoms with E-state index >= 15 is 0 Å². The first-order valence-corrected chi connectivity index (χ1v) is 11.7. The summed E-state index contributed by atoms with van der Waals surface area (Å²) in [6, 6.07) is 11.4. The molecular weight excluding hydrogens is 427 g/mol. The average molecular weight is 447 g/mol. The SMILES string of the molecule is O=S(=O)(c1cccc2nsnc12)N1CCN=C1N1CCN(c2ccc(F)cc2)CC1. The van der Waals surface area contributed by atoms with Crippen molar-refractivity contribution in [1.82, 2.24) is 18.0 Å². The quantitative estimate of drug-likeness (QED) is 0.612. The zero-order valence-electron chi connectivity index (χ0n) is 16.0. The monoisotopic (exact) mass is 446 g/mol. The Morgan fingerprint density at radius 1 is 0.900 bits per heavy atom. The number of benzene rings is 2. The Hall–Kier alpha value is -2.79. The first-order chi connectivity index (χ1) is 14.5. The van der Waals surface area contributed by atoms with E-state index in [9.17, 15) is 12.8 Å². The van der Waals surface area contributed by atoms with Crippen LogP contribution >= 0.6 is 11.7 Å². The lowest BCUT2D eigenvalue weighted by Gasteiger charge is -2.38. The second-order valence-electron chi connectivity index (χ2n) is 7.10. The molecule has 30 heavy (non-hydrogen) atoms. The first kappa shape index (κ1) is 19.2. The van der Waals surface area contributed by atoms with E-state index in [0.717, 1.165) is 17.4 Å². The van der Waals surface area contributed by atoms with Crippen molar-refractivity contribution in [2.75, 3.05) is 44.2 Å². The summed E-state index contributed by atoms with van der Waals surface area (Å²) in [5.41, 5.74) is 1.93. The highest BCUT2D eigenvalue weighted by atomic mass is 32.2. The molecule has 1 fully saturated rings. The Bertz CT molecular complexity index is 1200. The molecule has 0 saturated carbocycles. The number of anilines is 1. The molecule has 0 radical (unpaired) electrons. The van der Waals surface area contributed by atoms with Crippen LogP contribution in [0.3, 0.4) is 0 Å². The highest BCUT2D eigenvalue weighted by molar-refractivity contribution is 7.90. The topological polar surface area (TPSA) is 82.0 Å². The average Bonchev–Trinajstić information content (AvgIpc) is 3.44. The molecule has 0 aliphatic carbocycles. The van der Waals surface area contributed by atoms with Gasteiger partial charge in [0.2, 0.25) is 5.96 Å². The summed E-state index contributed by atoms with van der Waals surface area (Å²) < 4.78 is 49.7. The molecule has 1 aromatic heterocycles. The van der Waals surface area contributed by atoms with Crippen molar-refractivity contribution in [3.05, 3.63) is 48.3 Å². The summed E-state index contributed by atoms with van der Waals surface area (Å²) in [6.07, 6.45) is 0. The van der Waals surface area contributed by atoms with Crippen molar-refractivity contribution in [2.45, 2.75) is 4.90 Å². The fourth-order valence-corrected chi connectivity index (χ4v) is 6.03. The van der Waals surface area contributed by atoms with Crippen LogP contribution in [0, 0.1) is 5.82 Å². The van der Waals surface area contributed by atoms with Crippen molar-refractivity contribution in [1.29, 1.82) is 0 Å². The molecule has 5 rings (SSSR count). The smallest absolute Gasteiger partial charge is 0.268 e. The van der Waals surface area contributed by atoms with Gasteiger partial charge >= 0.3 is 0 Å². The number of rotatable bonds is 3. The number of fused-ring (bicyclic) bond motifs is 1. The molecule has 8 nitrogen and oxygen atoms in total. The van der Waals surface area contributed by atoms with E-state index in [1.54, 1.807) is 30.3 Å². The number of aliphatic imine (C=N–C) groups is 1. The summed E-state index contributed by atoms with van der Waals surface area (Å²) in [5.74, 6) is 0.220. The molecule has 2 aliphatic heterocycles. The molecule has 0 atom stereocenters. The number of nitrogens with zero attached hydrogens (tertiary/aromatic N) is 6. The maximum atomic E-state index is 13.4. The summed E-state index contributed by atoms with van der Waals surface area (Å²) in [5, 5.41) is 0. The molecule has 2 aliphatic rings. The van der Waals surface area contributed by atoms with E-state index in [1.807, 2.05) is 4.90 Å². The fraction of sp³-hybridized carbons (Fsp3) is 0.316. The van der Waals surface area contributed by atoms with Crippen molar-refractivity contribution >= 4 is 44.4 Å². The number of piperazine rings is 1. The third kappa shape index (κ3) is 3.27. The number of guanidine groups is 1. The van der Waals surface area contributed by atoms with Gasteiger partial charge in [0.15, 0.2) is 0 Å². The van der Waals surface area contributed by atoms with Gasteiger partial charge in [-0.25, -0.2) is 17.1 Å². The van der Waals surface area contributed by atoms with Crippen LogP contribution in [0.5, 0.6) is 0 Å². The Balaban J connectivity index is 1.36. The summed E-state index contributed by atoms with van der Waals surface area (Å²) in [4.78, 5) is 8.82. The van der Waals surface area contributed by atoms with Gasteiger partial charge in [-0.3, -0.25) is 4.99 Å². The standard InChI is InChI=1S/C19H19FN6O2S2/c20-14-4-6-15(7-5-14)24-10-12-25(13-11-24)19-21-8-9-26(19)30(27,28)17-3-1-2-16-18(17)23-29-22-16/h1-7H,8-13H2. The lowest BCUT2D eigenvalue weighted by Crippen LogP contribution is -2.53. The Labute approximate surface area is 177 Å².